The molecule has 1 aliphatic heterocycles. The van der Waals surface area contributed by atoms with E-state index in [4.69, 9.17) is 4.74 Å². The monoisotopic (exact) mass is 272 g/mol. The van der Waals surface area contributed by atoms with E-state index in [-0.39, 0.29) is 16.7 Å². The average molecular weight is 272 g/mol. The van der Waals surface area contributed by atoms with Crippen molar-refractivity contribution in [2.24, 2.45) is 0 Å². The Morgan fingerprint density at radius 3 is 2.20 bits per heavy atom. The molecule has 0 saturated heterocycles. The van der Waals surface area contributed by atoms with Crippen molar-refractivity contribution in [1.29, 1.82) is 0 Å². The highest BCUT2D eigenvalue weighted by Gasteiger charge is 2.29. The molecule has 0 aromatic heterocycles. The van der Waals surface area contributed by atoms with E-state index >= 15 is 0 Å². The minimum absolute atomic E-state index is 0.0239. The lowest BCUT2D eigenvalue weighted by atomic mass is 9.77. The molecule has 1 atom stereocenters. The van der Waals surface area contributed by atoms with Crippen molar-refractivity contribution in [3.8, 4) is 5.75 Å². The molecule has 0 fully saturated rings. The molecule has 0 N–H and O–H groups in total. The zero-order chi connectivity index (χ0) is 15.1. The first-order chi connectivity index (χ1) is 9.14. The van der Waals surface area contributed by atoms with Crippen LogP contribution in [-0.2, 0) is 15.6 Å². The second kappa shape index (κ2) is 4.76. The lowest BCUT2D eigenvalue weighted by molar-refractivity contribution is -0.108. The van der Waals surface area contributed by atoms with Gasteiger partial charge in [-0.05, 0) is 22.5 Å². The summed E-state index contributed by atoms with van der Waals surface area (Å²) in [5, 5.41) is 0. The minimum Gasteiger partial charge on any atom is -0.465 e. The fraction of sp³-hybridized carbons (Fsp3) is 0.500. The van der Waals surface area contributed by atoms with Gasteiger partial charge in [0, 0.05) is 11.1 Å². The van der Waals surface area contributed by atoms with Gasteiger partial charge in [-0.15, -0.1) is 0 Å². The molecule has 1 unspecified atom stereocenters. The quantitative estimate of drug-likeness (QED) is 0.705. The molecule has 2 rings (SSSR count). The molecule has 1 heterocycles. The Morgan fingerprint density at radius 2 is 1.70 bits per heavy atom. The summed E-state index contributed by atoms with van der Waals surface area (Å²) in [5.74, 6) is 0.646. The highest BCUT2D eigenvalue weighted by molar-refractivity contribution is 5.70. The van der Waals surface area contributed by atoms with Crippen LogP contribution in [0, 0.1) is 0 Å². The van der Waals surface area contributed by atoms with Gasteiger partial charge in [0.15, 0.2) is 0 Å². The summed E-state index contributed by atoms with van der Waals surface area (Å²) in [4.78, 5) is 11.3. The molecule has 20 heavy (non-hydrogen) atoms. The van der Waals surface area contributed by atoms with E-state index in [0.29, 0.717) is 0 Å². The van der Waals surface area contributed by atoms with Crippen LogP contribution < -0.4 is 4.74 Å². The average Bonchev–Trinajstić information content (AvgIpc) is 2.34. The van der Waals surface area contributed by atoms with Crippen LogP contribution in [0.1, 0.15) is 64.2 Å². The molecule has 0 bridgehead atoms. The fourth-order valence-electron chi connectivity index (χ4n) is 2.43. The smallest absolute Gasteiger partial charge is 0.134 e. The molecule has 0 radical (unpaired) electrons. The van der Waals surface area contributed by atoms with E-state index in [2.05, 4.69) is 53.7 Å². The van der Waals surface area contributed by atoms with E-state index in [1.807, 2.05) is 6.08 Å². The number of allylic oxidation sites excluding steroid dienone is 1. The van der Waals surface area contributed by atoms with Gasteiger partial charge in [-0.2, -0.15) is 0 Å². The molecule has 108 valence electrons. The summed E-state index contributed by atoms with van der Waals surface area (Å²) in [6, 6.07) is 4.34. The van der Waals surface area contributed by atoms with Crippen molar-refractivity contribution in [1.82, 2.24) is 0 Å². The molecule has 0 aliphatic carbocycles. The van der Waals surface area contributed by atoms with Crippen molar-refractivity contribution in [2.75, 3.05) is 0 Å². The number of aldehydes is 1. The molecule has 1 aromatic rings. The third kappa shape index (κ3) is 2.65. The van der Waals surface area contributed by atoms with Crippen LogP contribution >= 0.6 is 0 Å². The Kier molecular flexibility index (Phi) is 3.53. The Bertz CT molecular complexity index is 554. The summed E-state index contributed by atoms with van der Waals surface area (Å²) in [7, 11) is 0. The minimum atomic E-state index is -0.206. The van der Waals surface area contributed by atoms with E-state index in [9.17, 15) is 4.79 Å². The van der Waals surface area contributed by atoms with Gasteiger partial charge in [-0.1, -0.05) is 53.7 Å². The third-order valence-electron chi connectivity index (χ3n) is 3.77. The highest BCUT2D eigenvalue weighted by Crippen LogP contribution is 2.42. The number of hydrogen-bond donors (Lipinski definition) is 0. The van der Waals surface area contributed by atoms with E-state index in [1.54, 1.807) is 6.26 Å². The Balaban J connectivity index is 2.73. The lowest BCUT2D eigenvalue weighted by Gasteiger charge is -2.30. The summed E-state index contributed by atoms with van der Waals surface area (Å²) < 4.78 is 5.74. The predicted molar refractivity (Wildman–Crippen MR) is 82.4 cm³/mol. The maximum atomic E-state index is 11.3. The predicted octanol–water partition coefficient (Wildman–Crippen LogP) is 4.47. The molecule has 0 amide bonds. The van der Waals surface area contributed by atoms with Crippen LogP contribution in [0.5, 0.6) is 5.75 Å². The number of rotatable bonds is 1. The molecule has 0 saturated carbocycles. The summed E-state index contributed by atoms with van der Waals surface area (Å²) in [5.41, 5.74) is 3.41. The largest absolute Gasteiger partial charge is 0.465 e. The van der Waals surface area contributed by atoms with Gasteiger partial charge in [0.05, 0.1) is 12.2 Å². The van der Waals surface area contributed by atoms with Crippen LogP contribution in [-0.4, -0.2) is 6.29 Å². The number of ether oxygens (including phenoxy) is 1. The maximum Gasteiger partial charge on any atom is 0.134 e. The Labute approximate surface area is 121 Å². The van der Waals surface area contributed by atoms with Gasteiger partial charge in [-0.3, -0.25) is 0 Å². The van der Waals surface area contributed by atoms with Crippen LogP contribution in [0.15, 0.2) is 24.5 Å². The van der Waals surface area contributed by atoms with Gasteiger partial charge >= 0.3 is 0 Å². The lowest BCUT2D eigenvalue weighted by Crippen LogP contribution is -2.20. The number of carbonyl (C=O) groups is 1. The molecule has 1 aromatic carbocycles. The molecule has 2 nitrogen and oxygen atoms in total. The molecule has 0 spiro atoms. The zero-order valence-corrected chi connectivity index (χ0v) is 13.3. The maximum absolute atomic E-state index is 11.3. The standard InChI is InChI=1S/C18H24O2/c1-17(2,3)13-9-14-12(11-19)7-8-20-16(14)15(10-13)18(4,5)6/h7-12H,1-6H3. The van der Waals surface area contributed by atoms with Gasteiger partial charge in [0.25, 0.3) is 0 Å². The zero-order valence-electron chi connectivity index (χ0n) is 13.3. The topological polar surface area (TPSA) is 26.3 Å². The summed E-state index contributed by atoms with van der Waals surface area (Å²) >= 11 is 0. The second-order valence-corrected chi connectivity index (χ2v) is 7.55. The number of hydrogen-bond acceptors (Lipinski definition) is 2. The Hall–Kier alpha value is -1.57. The van der Waals surface area contributed by atoms with E-state index in [1.165, 1.54) is 5.56 Å². The summed E-state index contributed by atoms with van der Waals surface area (Å²) in [6.07, 6.45) is 4.43. The van der Waals surface area contributed by atoms with Crippen LogP contribution in [0.2, 0.25) is 0 Å². The first-order valence-corrected chi connectivity index (χ1v) is 7.12. The van der Waals surface area contributed by atoms with Gasteiger partial charge in [-0.25, -0.2) is 0 Å². The van der Waals surface area contributed by atoms with E-state index < -0.39 is 0 Å². The normalized spacial score (nSPS) is 18.4. The Morgan fingerprint density at radius 1 is 1.05 bits per heavy atom. The van der Waals surface area contributed by atoms with Crippen molar-refractivity contribution in [2.45, 2.75) is 58.3 Å². The van der Waals surface area contributed by atoms with Crippen molar-refractivity contribution in [3.63, 3.8) is 0 Å². The molecular weight excluding hydrogens is 248 g/mol. The SMILES string of the molecule is CC(C)(C)c1cc2c(c(C(C)(C)C)c1)OC=CC2C=O. The first kappa shape index (κ1) is 14.8. The number of carbonyl (C=O) groups excluding carboxylic acids is 1. The van der Waals surface area contributed by atoms with E-state index in [0.717, 1.165) is 23.2 Å². The van der Waals surface area contributed by atoms with Crippen LogP contribution in [0.4, 0.5) is 0 Å². The second-order valence-electron chi connectivity index (χ2n) is 7.55. The molecular formula is C18H24O2. The van der Waals surface area contributed by atoms with Gasteiger partial charge < -0.3 is 9.53 Å². The number of fused-ring (bicyclic) bond motifs is 1. The van der Waals surface area contributed by atoms with Crippen LogP contribution in [0.25, 0.3) is 0 Å². The van der Waals surface area contributed by atoms with Gasteiger partial charge in [0.1, 0.15) is 12.0 Å². The first-order valence-electron chi connectivity index (χ1n) is 7.12. The summed E-state index contributed by atoms with van der Waals surface area (Å²) in [6.45, 7) is 13.1. The molecule has 1 aliphatic rings. The van der Waals surface area contributed by atoms with Crippen LogP contribution in [0.3, 0.4) is 0 Å². The van der Waals surface area contributed by atoms with Crippen molar-refractivity contribution >= 4 is 6.29 Å². The van der Waals surface area contributed by atoms with Crippen molar-refractivity contribution < 1.29 is 9.53 Å². The van der Waals surface area contributed by atoms with Crippen molar-refractivity contribution in [3.05, 3.63) is 41.2 Å². The fourth-order valence-corrected chi connectivity index (χ4v) is 2.43. The highest BCUT2D eigenvalue weighted by atomic mass is 16.5. The third-order valence-corrected chi connectivity index (χ3v) is 3.77. The molecule has 2 heteroatoms. The van der Waals surface area contributed by atoms with Gasteiger partial charge in [0.2, 0.25) is 0 Å². The number of benzene rings is 1.